The number of benzene rings is 2. The van der Waals surface area contributed by atoms with E-state index in [4.69, 9.17) is 4.74 Å². The van der Waals surface area contributed by atoms with Gasteiger partial charge in [0.1, 0.15) is 23.1 Å². The number of hydrogen-bond acceptors (Lipinski definition) is 5. The smallest absolute Gasteiger partial charge is 0.277 e. The van der Waals surface area contributed by atoms with Crippen molar-refractivity contribution in [1.29, 1.82) is 0 Å². The number of aromatic nitrogens is 2. The van der Waals surface area contributed by atoms with Crippen LogP contribution in [0.4, 0.5) is 17.2 Å². The number of amides is 1. The second kappa shape index (κ2) is 8.52. The van der Waals surface area contributed by atoms with Gasteiger partial charge >= 0.3 is 0 Å². The van der Waals surface area contributed by atoms with Crippen molar-refractivity contribution in [2.75, 3.05) is 23.9 Å². The average molecular weight is 376 g/mol. The summed E-state index contributed by atoms with van der Waals surface area (Å²) >= 11 is 0. The Hall–Kier alpha value is -3.41. The maximum atomic E-state index is 13.1. The molecule has 6 heteroatoms. The highest BCUT2D eigenvalue weighted by Gasteiger charge is 2.19. The molecule has 0 saturated heterocycles. The van der Waals surface area contributed by atoms with Gasteiger partial charge in [-0.1, -0.05) is 24.3 Å². The summed E-state index contributed by atoms with van der Waals surface area (Å²) < 4.78 is 5.41. The fraction of sp³-hybridized carbons (Fsp3) is 0.227. The van der Waals surface area contributed by atoms with Crippen molar-refractivity contribution < 1.29 is 9.53 Å². The fourth-order valence-corrected chi connectivity index (χ4v) is 2.99. The Morgan fingerprint density at radius 1 is 1.07 bits per heavy atom. The number of aryl methyl sites for hydroxylation is 2. The second-order valence-electron chi connectivity index (χ2n) is 6.40. The first-order chi connectivity index (χ1) is 13.5. The maximum Gasteiger partial charge on any atom is 0.277 e. The number of rotatable bonds is 6. The average Bonchev–Trinajstić information content (AvgIpc) is 2.69. The van der Waals surface area contributed by atoms with Crippen molar-refractivity contribution in [3.8, 4) is 5.75 Å². The Bertz CT molecular complexity index is 974. The lowest BCUT2D eigenvalue weighted by molar-refractivity contribution is 0.0983. The number of carbonyl (C=O) groups is 1. The van der Waals surface area contributed by atoms with Crippen LogP contribution in [0.1, 0.15) is 28.8 Å². The predicted molar refractivity (Wildman–Crippen MR) is 112 cm³/mol. The number of methoxy groups -OCH3 is 1. The number of para-hydroxylation sites is 1. The number of carbonyl (C=O) groups excluding carboxylic acids is 1. The van der Waals surface area contributed by atoms with Crippen molar-refractivity contribution in [2.45, 2.75) is 20.8 Å². The van der Waals surface area contributed by atoms with E-state index in [2.05, 4.69) is 15.3 Å². The van der Waals surface area contributed by atoms with Crippen molar-refractivity contribution >= 4 is 23.1 Å². The molecule has 0 fully saturated rings. The van der Waals surface area contributed by atoms with Gasteiger partial charge in [-0.3, -0.25) is 4.79 Å². The molecule has 3 aromatic rings. The number of nitrogens with one attached hydrogen (secondary N) is 1. The van der Waals surface area contributed by atoms with Crippen LogP contribution in [0, 0.1) is 13.8 Å². The van der Waals surface area contributed by atoms with Crippen molar-refractivity contribution in [3.05, 3.63) is 71.7 Å². The molecule has 0 saturated carbocycles. The van der Waals surface area contributed by atoms with Gasteiger partial charge in [-0.05, 0) is 50.6 Å². The minimum Gasteiger partial charge on any atom is -0.495 e. The lowest BCUT2D eigenvalue weighted by atomic mass is 10.2. The van der Waals surface area contributed by atoms with Crippen molar-refractivity contribution in [1.82, 2.24) is 9.97 Å². The second-order valence-corrected chi connectivity index (χ2v) is 6.40. The molecule has 0 unspecified atom stereocenters. The molecular formula is C22H24N4O2. The summed E-state index contributed by atoms with van der Waals surface area (Å²) in [6.07, 6.45) is 0. The highest BCUT2D eigenvalue weighted by atomic mass is 16.5. The number of anilines is 3. The molecule has 0 radical (unpaired) electrons. The lowest BCUT2D eigenvalue weighted by Crippen LogP contribution is -2.31. The summed E-state index contributed by atoms with van der Waals surface area (Å²) in [4.78, 5) is 23.6. The molecule has 3 rings (SSSR count). The molecule has 0 aliphatic carbocycles. The minimum absolute atomic E-state index is 0.168. The Labute approximate surface area is 165 Å². The van der Waals surface area contributed by atoms with E-state index < -0.39 is 0 Å². The van der Waals surface area contributed by atoms with E-state index in [0.29, 0.717) is 29.6 Å². The highest BCUT2D eigenvalue weighted by molar-refractivity contribution is 6.05. The summed E-state index contributed by atoms with van der Waals surface area (Å²) in [7, 11) is 1.62. The predicted octanol–water partition coefficient (Wildman–Crippen LogP) is 4.51. The van der Waals surface area contributed by atoms with Crippen LogP contribution in [0.15, 0.2) is 54.6 Å². The third kappa shape index (κ3) is 4.28. The van der Waals surface area contributed by atoms with Crippen LogP contribution < -0.4 is 15.0 Å². The number of hydrogen-bond donors (Lipinski definition) is 1. The van der Waals surface area contributed by atoms with Gasteiger partial charge in [-0.2, -0.15) is 0 Å². The van der Waals surface area contributed by atoms with E-state index in [1.54, 1.807) is 25.0 Å². The molecule has 144 valence electrons. The third-order valence-electron chi connectivity index (χ3n) is 4.30. The molecule has 1 N–H and O–H groups in total. The van der Waals surface area contributed by atoms with E-state index in [1.165, 1.54) is 0 Å². The molecule has 2 aromatic carbocycles. The van der Waals surface area contributed by atoms with Gasteiger partial charge in [0.05, 0.1) is 12.8 Å². The zero-order valence-electron chi connectivity index (χ0n) is 16.6. The number of ether oxygens (including phenoxy) is 1. The molecule has 6 nitrogen and oxygen atoms in total. The molecule has 1 amide bonds. The largest absolute Gasteiger partial charge is 0.495 e. The molecule has 0 atom stereocenters. The minimum atomic E-state index is -0.168. The summed E-state index contributed by atoms with van der Waals surface area (Å²) in [5.74, 6) is 1.60. The van der Waals surface area contributed by atoms with Crippen LogP contribution >= 0.6 is 0 Å². The SMILES string of the molecule is CCN(C(=O)c1cc(Nc2cc(C)ccc2OC)nc(C)n1)c1ccccc1. The first kappa shape index (κ1) is 19.4. The zero-order valence-corrected chi connectivity index (χ0v) is 16.6. The van der Waals surface area contributed by atoms with E-state index in [0.717, 1.165) is 16.9 Å². The first-order valence-corrected chi connectivity index (χ1v) is 9.16. The van der Waals surface area contributed by atoms with Crippen LogP contribution in [0.25, 0.3) is 0 Å². The fourth-order valence-electron chi connectivity index (χ4n) is 2.99. The first-order valence-electron chi connectivity index (χ1n) is 9.16. The standard InChI is InChI=1S/C22H24N4O2/c1-5-26(17-9-7-6-8-10-17)22(27)19-14-21(24-16(3)23-19)25-18-13-15(2)11-12-20(18)28-4/h6-14H,5H2,1-4H3,(H,23,24,25). The van der Waals surface area contributed by atoms with Gasteiger partial charge in [-0.15, -0.1) is 0 Å². The van der Waals surface area contributed by atoms with E-state index >= 15 is 0 Å². The Balaban J connectivity index is 1.93. The maximum absolute atomic E-state index is 13.1. The van der Waals surface area contributed by atoms with Crippen LogP contribution in [0.2, 0.25) is 0 Å². The molecule has 28 heavy (non-hydrogen) atoms. The van der Waals surface area contributed by atoms with Gasteiger partial charge in [0.25, 0.3) is 5.91 Å². The Morgan fingerprint density at radius 2 is 1.82 bits per heavy atom. The van der Waals surface area contributed by atoms with Gasteiger partial charge in [-0.25, -0.2) is 9.97 Å². The summed E-state index contributed by atoms with van der Waals surface area (Å²) in [6.45, 7) is 6.26. The van der Waals surface area contributed by atoms with Gasteiger partial charge in [0.15, 0.2) is 0 Å². The topological polar surface area (TPSA) is 67.4 Å². The molecule has 1 aromatic heterocycles. The van der Waals surface area contributed by atoms with Gasteiger partial charge in [0.2, 0.25) is 0 Å². The molecule has 0 aliphatic heterocycles. The summed E-state index contributed by atoms with van der Waals surface area (Å²) in [5, 5.41) is 3.25. The van der Waals surface area contributed by atoms with E-state index in [-0.39, 0.29) is 5.91 Å². The molecular weight excluding hydrogens is 352 g/mol. The molecule has 0 spiro atoms. The van der Waals surface area contributed by atoms with E-state index in [9.17, 15) is 4.79 Å². The van der Waals surface area contributed by atoms with Crippen LogP contribution in [0.5, 0.6) is 5.75 Å². The molecule has 0 bridgehead atoms. The Kier molecular flexibility index (Phi) is 5.89. The highest BCUT2D eigenvalue weighted by Crippen LogP contribution is 2.28. The van der Waals surface area contributed by atoms with Crippen molar-refractivity contribution in [3.63, 3.8) is 0 Å². The Morgan fingerprint density at radius 3 is 2.50 bits per heavy atom. The summed E-state index contributed by atoms with van der Waals surface area (Å²) in [5.41, 5.74) is 3.05. The van der Waals surface area contributed by atoms with Gasteiger partial charge in [0, 0.05) is 18.3 Å². The summed E-state index contributed by atoms with van der Waals surface area (Å²) in [6, 6.07) is 17.1. The molecule has 0 aliphatic rings. The normalized spacial score (nSPS) is 10.4. The van der Waals surface area contributed by atoms with Crippen LogP contribution in [-0.4, -0.2) is 29.5 Å². The van der Waals surface area contributed by atoms with E-state index in [1.807, 2.05) is 62.4 Å². The monoisotopic (exact) mass is 376 g/mol. The van der Waals surface area contributed by atoms with Crippen molar-refractivity contribution in [2.24, 2.45) is 0 Å². The van der Waals surface area contributed by atoms with Gasteiger partial charge < -0.3 is 15.0 Å². The number of nitrogens with zero attached hydrogens (tertiary/aromatic N) is 3. The lowest BCUT2D eigenvalue weighted by Gasteiger charge is -2.21. The zero-order chi connectivity index (χ0) is 20.1. The molecule has 1 heterocycles. The third-order valence-corrected chi connectivity index (χ3v) is 4.30. The van der Waals surface area contributed by atoms with Crippen LogP contribution in [0.3, 0.4) is 0 Å². The quantitative estimate of drug-likeness (QED) is 0.685. The van der Waals surface area contributed by atoms with Crippen LogP contribution in [-0.2, 0) is 0 Å².